The number of benzene rings is 13. The lowest BCUT2D eigenvalue weighted by Crippen LogP contribution is -2.57. The van der Waals surface area contributed by atoms with Crippen LogP contribution >= 0.6 is 0 Å². The van der Waals surface area contributed by atoms with Crippen LogP contribution in [-0.4, -0.2) is 20.4 Å². The normalized spacial score (nSPS) is 13.3. The number of hydrogen-bond acceptors (Lipinski definition) is 5. The van der Waals surface area contributed by atoms with E-state index in [1.807, 2.05) is 18.2 Å². The maximum atomic E-state index is 7.47. The van der Waals surface area contributed by atoms with Crippen LogP contribution in [0.4, 0.5) is 0 Å². The number of aromatic nitrogens is 3. The van der Waals surface area contributed by atoms with Crippen LogP contribution in [0.25, 0.3) is 159 Å². The summed E-state index contributed by atoms with van der Waals surface area (Å²) in [6, 6.07) is 88.4. The number of nitrogens with zero attached hydrogens (tertiary/aromatic N) is 3. The topological polar surface area (TPSA) is 72.7 Å². The molecule has 0 bridgehead atoms. The van der Waals surface area contributed by atoms with Crippen molar-refractivity contribution in [2.75, 3.05) is 0 Å². The maximum Gasteiger partial charge on any atom is 0.260 e. The molecule has 6 aromatic heterocycles. The van der Waals surface area contributed by atoms with Crippen molar-refractivity contribution in [3.05, 3.63) is 254 Å². The van der Waals surface area contributed by atoms with E-state index in [-0.39, 0.29) is 17.5 Å². The van der Waals surface area contributed by atoms with E-state index in [0.29, 0.717) is 0 Å². The summed E-state index contributed by atoms with van der Waals surface area (Å²) in [6.45, 7) is 13.5. The largest absolute Gasteiger partial charge is 0.458 e. The minimum atomic E-state index is -0.173. The van der Waals surface area contributed by atoms with Crippen LogP contribution in [0, 0.1) is 0 Å². The second kappa shape index (κ2) is 18.5. The number of rotatable bonds is 4. The summed E-state index contributed by atoms with van der Waals surface area (Å²) in [4.78, 5) is 0. The molecule has 19 aromatic rings. The van der Waals surface area contributed by atoms with Gasteiger partial charge in [-0.3, -0.25) is 0 Å². The zero-order chi connectivity index (χ0) is 63.1. The Morgan fingerprint density at radius 1 is 0.284 bits per heavy atom. The van der Waals surface area contributed by atoms with Crippen LogP contribution in [0.15, 0.2) is 256 Å². The van der Waals surface area contributed by atoms with Gasteiger partial charge < -0.3 is 36.4 Å². The van der Waals surface area contributed by atoms with Crippen molar-refractivity contribution in [3.63, 3.8) is 0 Å². The van der Waals surface area contributed by atoms with Gasteiger partial charge in [-0.15, -0.1) is 0 Å². The van der Waals surface area contributed by atoms with Gasteiger partial charge in [0.25, 0.3) is 6.71 Å². The minimum Gasteiger partial charge on any atom is -0.458 e. The highest BCUT2D eigenvalue weighted by Crippen LogP contribution is 2.50. The third-order valence-corrected chi connectivity index (χ3v) is 20.8. The van der Waals surface area contributed by atoms with Crippen molar-refractivity contribution in [1.29, 1.82) is 0 Å². The molecule has 2 aliphatic heterocycles. The molecule has 450 valence electrons. The number of para-hydroxylation sites is 6. The first kappa shape index (κ1) is 52.9. The molecule has 0 atom stereocenters. The molecule has 8 nitrogen and oxygen atoms in total. The predicted octanol–water partition coefficient (Wildman–Crippen LogP) is 21.7. The molecular formula is C86H58BN3O5. The van der Waals surface area contributed by atoms with Crippen LogP contribution < -0.4 is 25.9 Å². The van der Waals surface area contributed by atoms with Gasteiger partial charge >= 0.3 is 0 Å². The van der Waals surface area contributed by atoms with Gasteiger partial charge in [-0.2, -0.15) is 0 Å². The molecule has 0 radical (unpaired) electrons. The summed E-state index contributed by atoms with van der Waals surface area (Å²) >= 11 is 0. The van der Waals surface area contributed by atoms with Crippen molar-refractivity contribution in [1.82, 2.24) is 13.7 Å². The zero-order valence-electron chi connectivity index (χ0n) is 53.1. The monoisotopic (exact) mass is 1220 g/mol. The first-order valence-electron chi connectivity index (χ1n) is 32.9. The Bertz CT molecular complexity index is 6350. The van der Waals surface area contributed by atoms with Gasteiger partial charge in [0, 0.05) is 93.9 Å². The smallest absolute Gasteiger partial charge is 0.260 e. The predicted molar refractivity (Wildman–Crippen MR) is 392 cm³/mol. The molecule has 0 N–H and O–H groups in total. The van der Waals surface area contributed by atoms with E-state index in [1.54, 1.807) is 0 Å². The van der Waals surface area contributed by atoms with Gasteiger partial charge in [0.2, 0.25) is 0 Å². The summed E-state index contributed by atoms with van der Waals surface area (Å²) in [7, 11) is 0. The second-order valence-electron chi connectivity index (χ2n) is 28.3. The van der Waals surface area contributed by atoms with Crippen LogP contribution in [-0.2, 0) is 10.8 Å². The Morgan fingerprint density at radius 2 is 0.642 bits per heavy atom. The summed E-state index contributed by atoms with van der Waals surface area (Å²) in [5, 5.41) is 13.2. The van der Waals surface area contributed by atoms with Crippen LogP contribution in [0.1, 0.15) is 52.7 Å². The highest BCUT2D eigenvalue weighted by atomic mass is 16.5. The lowest BCUT2D eigenvalue weighted by molar-refractivity contribution is 0.464. The maximum absolute atomic E-state index is 7.47. The molecule has 8 heterocycles. The number of ether oxygens (including phenoxy) is 2. The molecule has 0 amide bonds. The van der Waals surface area contributed by atoms with E-state index in [0.717, 1.165) is 199 Å². The Morgan fingerprint density at radius 3 is 1.04 bits per heavy atom. The van der Waals surface area contributed by atoms with Gasteiger partial charge in [-0.25, -0.2) is 0 Å². The molecule has 0 fully saturated rings. The molecule has 0 saturated heterocycles. The van der Waals surface area contributed by atoms with Crippen molar-refractivity contribution in [2.45, 2.75) is 52.4 Å². The standard InChI is InChI=1S/C86H58BN3O5/c1-85(2,3)48-31-33-76-63(37-48)87-64-38-49(86(4,5)6)32-34-77(64)95-82-36-47(35-81(94-76)84(82)87)83-71(89-66-26-14-8-20-52(66)58-42-61-55-23-11-17-29-74(55)92-79(61)45-69(58)89)39-50(88-65-25-13-7-19-51(65)57-41-60-54-22-10-16-28-73(54)91-78(60)44-68(57)88)40-72(83)90-67-27-15-9-21-53(67)59-43-62-56-24-12-18-30-75(56)93-80(62)46-70(59)90/h7-46H,1-6H3. The molecule has 0 unspecified atom stereocenters. The van der Waals surface area contributed by atoms with Crippen molar-refractivity contribution in [3.8, 4) is 51.2 Å². The van der Waals surface area contributed by atoms with Crippen LogP contribution in [0.5, 0.6) is 23.0 Å². The lowest BCUT2D eigenvalue weighted by atomic mass is 9.34. The summed E-state index contributed by atoms with van der Waals surface area (Å²) in [5.74, 6) is 3.17. The first-order chi connectivity index (χ1) is 46.3. The van der Waals surface area contributed by atoms with Gasteiger partial charge in [0.1, 0.15) is 56.5 Å². The third kappa shape index (κ3) is 7.38. The highest BCUT2D eigenvalue weighted by molar-refractivity contribution is 6.98. The van der Waals surface area contributed by atoms with Gasteiger partial charge in [-0.1, -0.05) is 175 Å². The van der Waals surface area contributed by atoms with E-state index < -0.39 is 0 Å². The number of fused-ring (bicyclic) bond motifs is 22. The SMILES string of the molecule is CC(C)(C)c1ccc2c(c1)B1c3cc(C(C)(C)C)ccc3Oc3cc(-c4c(-n5c6ccccc6c6cc7c(cc65)oc5ccccc57)cc(-n5c6ccccc6c6cc7c(cc65)oc5ccccc57)cc4-n4c5ccccc5c5cc6c(cc54)oc4ccccc46)cc(c31)O2. The molecule has 95 heavy (non-hydrogen) atoms. The number of hydrogen-bond donors (Lipinski definition) is 0. The third-order valence-electron chi connectivity index (χ3n) is 20.8. The van der Waals surface area contributed by atoms with Crippen molar-refractivity contribution in [2.24, 2.45) is 0 Å². The molecular weight excluding hydrogens is 1170 g/mol. The fourth-order valence-electron chi connectivity index (χ4n) is 16.3. The summed E-state index contributed by atoms with van der Waals surface area (Å²) in [5.41, 5.74) is 21.4. The quantitative estimate of drug-likeness (QED) is 0.164. The molecule has 21 rings (SSSR count). The van der Waals surface area contributed by atoms with Gasteiger partial charge in [0.15, 0.2) is 0 Å². The van der Waals surface area contributed by atoms with Crippen molar-refractivity contribution < 1.29 is 22.7 Å². The van der Waals surface area contributed by atoms with E-state index in [2.05, 4.69) is 280 Å². The Kier molecular flexibility index (Phi) is 10.3. The number of furan rings is 3. The Balaban J connectivity index is 0.947. The molecule has 0 aliphatic carbocycles. The molecule has 0 spiro atoms. The van der Waals surface area contributed by atoms with Crippen molar-refractivity contribution >= 4 is 154 Å². The average Bonchev–Trinajstić information content (AvgIpc) is 1.69. The van der Waals surface area contributed by atoms with Crippen LogP contribution in [0.2, 0.25) is 0 Å². The summed E-state index contributed by atoms with van der Waals surface area (Å²) < 4.78 is 42.9. The first-order valence-corrected chi connectivity index (χ1v) is 32.9. The van der Waals surface area contributed by atoms with E-state index in [9.17, 15) is 0 Å². The fraction of sp³-hybridized carbons (Fsp3) is 0.0930. The average molecular weight is 1220 g/mol. The zero-order valence-corrected chi connectivity index (χ0v) is 53.1. The molecule has 13 aromatic carbocycles. The van der Waals surface area contributed by atoms with E-state index in [1.165, 1.54) is 11.1 Å². The molecule has 2 aliphatic rings. The minimum absolute atomic E-state index is 0.104. The van der Waals surface area contributed by atoms with Gasteiger partial charge in [0.05, 0.1) is 50.2 Å². The van der Waals surface area contributed by atoms with E-state index in [4.69, 9.17) is 22.7 Å². The Labute approximate surface area is 545 Å². The summed E-state index contributed by atoms with van der Waals surface area (Å²) in [6.07, 6.45) is 0. The highest BCUT2D eigenvalue weighted by Gasteiger charge is 2.42. The second-order valence-corrected chi connectivity index (χ2v) is 28.3. The Hall–Kier alpha value is -11.7. The lowest BCUT2D eigenvalue weighted by Gasteiger charge is -2.35. The molecule has 0 saturated carbocycles. The fourth-order valence-corrected chi connectivity index (χ4v) is 16.3. The van der Waals surface area contributed by atoms with Gasteiger partial charge in [-0.05, 0) is 129 Å². The van der Waals surface area contributed by atoms with E-state index >= 15 is 0 Å². The van der Waals surface area contributed by atoms with Crippen LogP contribution in [0.3, 0.4) is 0 Å². The molecule has 9 heteroatoms.